The molecule has 0 aromatic rings. The molecule has 0 aromatic carbocycles. The average molecular weight is 537 g/mol. The van der Waals surface area contributed by atoms with Gasteiger partial charge in [-0.25, -0.2) is 0 Å². The average Bonchev–Trinajstić information content (AvgIpc) is 2.81. The third-order valence-corrected chi connectivity index (χ3v) is 9.14. The van der Waals surface area contributed by atoms with Crippen LogP contribution in [0.4, 0.5) is 0 Å². The first-order chi connectivity index (χ1) is 18.0. The zero-order valence-corrected chi connectivity index (χ0v) is 26.4. The summed E-state index contributed by atoms with van der Waals surface area (Å²) in [6.07, 6.45) is 10.8. The molecular formula is C35H52O4. The molecular weight excluding hydrogens is 484 g/mol. The molecule has 5 atom stereocenters. The number of carbonyl (C=O) groups excluding carboxylic acids is 4. The minimum Gasteiger partial charge on any atom is -0.298 e. The summed E-state index contributed by atoms with van der Waals surface area (Å²) < 4.78 is 0. The van der Waals surface area contributed by atoms with E-state index in [1.54, 1.807) is 13.8 Å². The van der Waals surface area contributed by atoms with Crippen LogP contribution < -0.4 is 0 Å². The van der Waals surface area contributed by atoms with Gasteiger partial charge in [0.25, 0.3) is 0 Å². The fraction of sp³-hybridized carbons (Fsp3) is 0.657. The maximum Gasteiger partial charge on any atom is 0.168 e. The van der Waals surface area contributed by atoms with Crippen LogP contribution in [0.3, 0.4) is 0 Å². The van der Waals surface area contributed by atoms with Gasteiger partial charge in [0.15, 0.2) is 28.5 Å². The molecule has 0 saturated heterocycles. The van der Waals surface area contributed by atoms with Gasteiger partial charge in [-0.2, -0.15) is 0 Å². The molecule has 4 nitrogen and oxygen atoms in total. The van der Waals surface area contributed by atoms with E-state index in [0.717, 1.165) is 22.3 Å². The first-order valence-corrected chi connectivity index (χ1v) is 14.7. The molecule has 0 heterocycles. The monoisotopic (exact) mass is 536 g/mol. The highest BCUT2D eigenvalue weighted by Gasteiger charge is 2.77. The molecule has 2 fully saturated rings. The molecule has 2 aliphatic rings. The minimum atomic E-state index is -1.83. The van der Waals surface area contributed by atoms with Gasteiger partial charge < -0.3 is 0 Å². The van der Waals surface area contributed by atoms with Gasteiger partial charge in [-0.05, 0) is 105 Å². The van der Waals surface area contributed by atoms with E-state index in [-0.39, 0.29) is 30.3 Å². The number of Topliss-reactive ketones (excluding diaryl/α,β-unsaturated/α-hetero) is 4. The topological polar surface area (TPSA) is 68.3 Å². The Hall–Kier alpha value is -2.36. The number of allylic oxidation sites excluding steroid dienone is 8. The highest BCUT2D eigenvalue weighted by molar-refractivity contribution is 6.38. The molecule has 0 aromatic heterocycles. The van der Waals surface area contributed by atoms with Crippen LogP contribution in [-0.2, 0) is 19.2 Å². The van der Waals surface area contributed by atoms with E-state index >= 15 is 0 Å². The molecule has 5 unspecified atom stereocenters. The van der Waals surface area contributed by atoms with E-state index in [1.807, 2.05) is 74.5 Å². The van der Waals surface area contributed by atoms with Crippen LogP contribution in [0.5, 0.6) is 0 Å². The second-order valence-electron chi connectivity index (χ2n) is 13.6. The number of hydrogen-bond acceptors (Lipinski definition) is 4. The summed E-state index contributed by atoms with van der Waals surface area (Å²) in [5, 5.41) is 0. The van der Waals surface area contributed by atoms with Gasteiger partial charge in [-0.1, -0.05) is 67.4 Å². The van der Waals surface area contributed by atoms with Gasteiger partial charge in [0.2, 0.25) is 0 Å². The number of carbonyl (C=O) groups is 4. The van der Waals surface area contributed by atoms with Crippen molar-refractivity contribution < 1.29 is 19.2 Å². The number of fused-ring (bicyclic) bond motifs is 2. The fourth-order valence-electron chi connectivity index (χ4n) is 6.93. The lowest BCUT2D eigenvalue weighted by Crippen LogP contribution is -2.75. The van der Waals surface area contributed by atoms with E-state index in [0.29, 0.717) is 25.7 Å². The molecule has 0 amide bonds. The van der Waals surface area contributed by atoms with Crippen LogP contribution in [0.15, 0.2) is 46.6 Å². The highest BCUT2D eigenvalue weighted by Crippen LogP contribution is 2.66. The smallest absolute Gasteiger partial charge is 0.168 e. The van der Waals surface area contributed by atoms with Gasteiger partial charge in [0.1, 0.15) is 0 Å². The molecule has 0 radical (unpaired) electrons. The fourth-order valence-corrected chi connectivity index (χ4v) is 6.93. The summed E-state index contributed by atoms with van der Waals surface area (Å²) in [6, 6.07) is 0. The molecule has 2 bridgehead atoms. The van der Waals surface area contributed by atoms with Gasteiger partial charge in [0, 0.05) is 5.92 Å². The molecule has 216 valence electrons. The third kappa shape index (κ3) is 5.91. The zero-order chi connectivity index (χ0) is 29.9. The van der Waals surface area contributed by atoms with Crippen molar-refractivity contribution in [3.63, 3.8) is 0 Å². The Labute approximate surface area is 237 Å². The summed E-state index contributed by atoms with van der Waals surface area (Å²) in [7, 11) is 0. The van der Waals surface area contributed by atoms with Crippen LogP contribution in [0, 0.1) is 34.0 Å². The quantitative estimate of drug-likeness (QED) is 0.196. The Morgan fingerprint density at radius 1 is 0.795 bits per heavy atom. The predicted molar refractivity (Wildman–Crippen MR) is 160 cm³/mol. The largest absolute Gasteiger partial charge is 0.298 e. The van der Waals surface area contributed by atoms with Gasteiger partial charge in [-0.3, -0.25) is 19.2 Å². The van der Waals surface area contributed by atoms with Crippen molar-refractivity contribution in [2.24, 2.45) is 34.0 Å². The van der Waals surface area contributed by atoms with E-state index in [4.69, 9.17) is 0 Å². The Morgan fingerprint density at radius 2 is 1.31 bits per heavy atom. The van der Waals surface area contributed by atoms with Crippen molar-refractivity contribution in [2.75, 3.05) is 0 Å². The molecule has 2 rings (SSSR count). The lowest BCUT2D eigenvalue weighted by atomic mass is 9.36. The van der Waals surface area contributed by atoms with Crippen molar-refractivity contribution in [1.29, 1.82) is 0 Å². The first-order valence-electron chi connectivity index (χ1n) is 14.7. The summed E-state index contributed by atoms with van der Waals surface area (Å²) in [5.41, 5.74) is 0.221. The highest BCUT2D eigenvalue weighted by atomic mass is 16.2. The van der Waals surface area contributed by atoms with E-state index in [1.165, 1.54) is 0 Å². The Bertz CT molecular complexity index is 1110. The van der Waals surface area contributed by atoms with E-state index in [2.05, 4.69) is 12.2 Å². The Morgan fingerprint density at radius 3 is 1.79 bits per heavy atom. The van der Waals surface area contributed by atoms with Crippen LogP contribution in [0.1, 0.15) is 115 Å². The van der Waals surface area contributed by atoms with Crippen LogP contribution in [-0.4, -0.2) is 23.1 Å². The molecule has 0 N–H and O–H groups in total. The second-order valence-corrected chi connectivity index (χ2v) is 13.6. The second kappa shape index (κ2) is 12.4. The Kier molecular flexibility index (Phi) is 10.5. The number of hydrogen-bond donors (Lipinski definition) is 0. The summed E-state index contributed by atoms with van der Waals surface area (Å²) in [4.78, 5) is 58.7. The summed E-state index contributed by atoms with van der Waals surface area (Å²) in [6.45, 7) is 21.5. The van der Waals surface area contributed by atoms with Gasteiger partial charge >= 0.3 is 0 Å². The number of ketones is 4. The zero-order valence-electron chi connectivity index (χ0n) is 26.4. The van der Waals surface area contributed by atoms with Crippen molar-refractivity contribution in [3.05, 3.63) is 46.6 Å². The van der Waals surface area contributed by atoms with E-state index in [9.17, 15) is 19.2 Å². The van der Waals surface area contributed by atoms with Gasteiger partial charge in [-0.15, -0.1) is 0 Å². The molecule has 0 spiro atoms. The third-order valence-electron chi connectivity index (χ3n) is 9.14. The standard InChI is InChI=1S/C35H52O4/c1-22(2)13-12-19-33(11)27(16-14-23(3)4)21-34(20-18-25(7)8)30(37)28(17-15-24(5)6)31(38)35(33,32(34)39)29(36)26(9)10/h13-15,18,26-28H,12,16-17,19-21H2,1-11H3. The maximum atomic E-state index is 15.0. The predicted octanol–water partition coefficient (Wildman–Crippen LogP) is 8.36. The lowest BCUT2D eigenvalue weighted by Gasteiger charge is -2.62. The van der Waals surface area contributed by atoms with Crippen molar-refractivity contribution >= 4 is 23.1 Å². The van der Waals surface area contributed by atoms with E-state index < -0.39 is 39.6 Å². The van der Waals surface area contributed by atoms with Crippen LogP contribution in [0.25, 0.3) is 0 Å². The Balaban J connectivity index is 3.04. The molecule has 2 saturated carbocycles. The van der Waals surface area contributed by atoms with Crippen molar-refractivity contribution in [1.82, 2.24) is 0 Å². The summed E-state index contributed by atoms with van der Waals surface area (Å²) in [5.74, 6) is -3.14. The SMILES string of the molecule is CC(C)=CCCC1(C)C(CC=C(C)C)CC2(CC=C(C)C)C(=O)C(CC=C(C)C)C(=O)C1(C(=O)C(C)C)C2=O. The molecule has 2 aliphatic carbocycles. The molecule has 0 aliphatic heterocycles. The van der Waals surface area contributed by atoms with Crippen LogP contribution in [0.2, 0.25) is 0 Å². The number of rotatable bonds is 11. The van der Waals surface area contributed by atoms with Crippen molar-refractivity contribution in [3.8, 4) is 0 Å². The van der Waals surface area contributed by atoms with Crippen molar-refractivity contribution in [2.45, 2.75) is 115 Å². The normalized spacial score (nSPS) is 30.1. The lowest BCUT2D eigenvalue weighted by molar-refractivity contribution is -0.190. The first kappa shape index (κ1) is 32.8. The minimum absolute atomic E-state index is 0.166. The van der Waals surface area contributed by atoms with Gasteiger partial charge in [0.05, 0.1) is 11.3 Å². The van der Waals surface area contributed by atoms with Crippen LogP contribution >= 0.6 is 0 Å². The summed E-state index contributed by atoms with van der Waals surface area (Å²) >= 11 is 0. The molecule has 4 heteroatoms. The molecule has 39 heavy (non-hydrogen) atoms. The maximum absolute atomic E-state index is 15.0.